The van der Waals surface area contributed by atoms with Crippen LogP contribution in [0.3, 0.4) is 0 Å². The summed E-state index contributed by atoms with van der Waals surface area (Å²) in [6.07, 6.45) is 11.1. The molecular formula is C18H27N3. The smallest absolute Gasteiger partial charge is 0.0934 e. The molecule has 1 heterocycles. The number of rotatable bonds is 9. The molecule has 0 saturated carbocycles. The Kier molecular flexibility index (Phi) is 6.61. The van der Waals surface area contributed by atoms with Gasteiger partial charge < -0.3 is 5.32 Å². The van der Waals surface area contributed by atoms with Crippen LogP contribution in [-0.4, -0.2) is 16.5 Å². The van der Waals surface area contributed by atoms with Crippen LogP contribution in [0.25, 0.3) is 11.0 Å². The van der Waals surface area contributed by atoms with Gasteiger partial charge in [-0.15, -0.1) is 0 Å². The zero-order valence-electron chi connectivity index (χ0n) is 13.3. The molecule has 0 amide bonds. The van der Waals surface area contributed by atoms with Gasteiger partial charge in [0.25, 0.3) is 0 Å². The molecule has 0 bridgehead atoms. The van der Waals surface area contributed by atoms with Crippen molar-refractivity contribution >= 4 is 11.0 Å². The Morgan fingerprint density at radius 3 is 2.67 bits per heavy atom. The van der Waals surface area contributed by atoms with Gasteiger partial charge in [-0.2, -0.15) is 0 Å². The molecule has 1 N–H and O–H groups in total. The summed E-state index contributed by atoms with van der Waals surface area (Å²) < 4.78 is 0. The van der Waals surface area contributed by atoms with E-state index in [-0.39, 0.29) is 0 Å². The lowest BCUT2D eigenvalue weighted by molar-refractivity contribution is 0.472. The van der Waals surface area contributed by atoms with Crippen LogP contribution >= 0.6 is 0 Å². The van der Waals surface area contributed by atoms with E-state index in [1.807, 2.05) is 6.07 Å². The minimum atomic E-state index is 0.391. The zero-order valence-corrected chi connectivity index (χ0v) is 13.3. The largest absolute Gasteiger partial charge is 0.310 e. The van der Waals surface area contributed by atoms with Crippen molar-refractivity contribution in [3.8, 4) is 0 Å². The molecule has 1 unspecified atom stereocenters. The van der Waals surface area contributed by atoms with Crippen LogP contribution in [0.1, 0.15) is 64.0 Å². The Morgan fingerprint density at radius 1 is 1.00 bits per heavy atom. The van der Waals surface area contributed by atoms with E-state index >= 15 is 0 Å². The van der Waals surface area contributed by atoms with Crippen molar-refractivity contribution in [1.29, 1.82) is 0 Å². The van der Waals surface area contributed by atoms with Gasteiger partial charge >= 0.3 is 0 Å². The van der Waals surface area contributed by atoms with Crippen LogP contribution in [0.2, 0.25) is 0 Å². The van der Waals surface area contributed by atoms with Gasteiger partial charge in [-0.1, -0.05) is 51.7 Å². The summed E-state index contributed by atoms with van der Waals surface area (Å²) in [6.45, 7) is 5.52. The van der Waals surface area contributed by atoms with Crippen molar-refractivity contribution in [2.75, 3.05) is 6.54 Å². The number of fused-ring (bicyclic) bond motifs is 1. The number of unbranched alkanes of at least 4 members (excludes halogenated alkanes) is 3. The number of para-hydroxylation sites is 1. The van der Waals surface area contributed by atoms with E-state index in [9.17, 15) is 0 Å². The van der Waals surface area contributed by atoms with E-state index in [1.54, 1.807) is 12.4 Å². The molecule has 1 aromatic heterocycles. The van der Waals surface area contributed by atoms with Crippen molar-refractivity contribution < 1.29 is 0 Å². The van der Waals surface area contributed by atoms with Gasteiger partial charge in [0.2, 0.25) is 0 Å². The summed E-state index contributed by atoms with van der Waals surface area (Å²) in [6, 6.07) is 6.73. The fraction of sp³-hybridized carbons (Fsp3) is 0.556. The second kappa shape index (κ2) is 8.73. The second-order valence-electron chi connectivity index (χ2n) is 5.63. The van der Waals surface area contributed by atoms with Crippen molar-refractivity contribution in [2.45, 2.75) is 58.4 Å². The third-order valence-corrected chi connectivity index (χ3v) is 3.89. The number of nitrogens with zero attached hydrogens (tertiary/aromatic N) is 2. The van der Waals surface area contributed by atoms with E-state index in [1.165, 1.54) is 37.7 Å². The number of hydrogen-bond acceptors (Lipinski definition) is 3. The maximum atomic E-state index is 4.55. The average Bonchev–Trinajstić information content (AvgIpc) is 2.54. The summed E-state index contributed by atoms with van der Waals surface area (Å²) in [5.41, 5.74) is 3.33. The Hall–Kier alpha value is -1.48. The quantitative estimate of drug-likeness (QED) is 0.682. The fourth-order valence-electron chi connectivity index (χ4n) is 2.76. The SMILES string of the molecule is CCCCCCC(NCCC)c1cccc2nccnc12. The van der Waals surface area contributed by atoms with Crippen LogP contribution in [0, 0.1) is 0 Å². The molecule has 0 fully saturated rings. The predicted octanol–water partition coefficient (Wildman–Crippen LogP) is 4.64. The fourth-order valence-corrected chi connectivity index (χ4v) is 2.76. The normalized spacial score (nSPS) is 12.7. The summed E-state index contributed by atoms with van der Waals surface area (Å²) in [7, 11) is 0. The highest BCUT2D eigenvalue weighted by Gasteiger charge is 2.14. The molecule has 2 rings (SSSR count). The van der Waals surface area contributed by atoms with Crippen LogP contribution in [-0.2, 0) is 0 Å². The van der Waals surface area contributed by atoms with Gasteiger partial charge in [0, 0.05) is 18.4 Å². The molecule has 21 heavy (non-hydrogen) atoms. The summed E-state index contributed by atoms with van der Waals surface area (Å²) in [5.74, 6) is 0. The van der Waals surface area contributed by atoms with Gasteiger partial charge in [0.15, 0.2) is 0 Å². The summed E-state index contributed by atoms with van der Waals surface area (Å²) in [5, 5.41) is 3.69. The minimum absolute atomic E-state index is 0.391. The number of benzene rings is 1. The van der Waals surface area contributed by atoms with Gasteiger partial charge in [-0.3, -0.25) is 9.97 Å². The number of nitrogens with one attached hydrogen (secondary N) is 1. The van der Waals surface area contributed by atoms with Gasteiger partial charge in [0.05, 0.1) is 11.0 Å². The lowest BCUT2D eigenvalue weighted by Gasteiger charge is -2.20. The number of hydrogen-bond donors (Lipinski definition) is 1. The first kappa shape index (κ1) is 15.9. The van der Waals surface area contributed by atoms with Crippen molar-refractivity contribution in [2.24, 2.45) is 0 Å². The highest BCUT2D eigenvalue weighted by Crippen LogP contribution is 2.25. The minimum Gasteiger partial charge on any atom is -0.310 e. The van der Waals surface area contributed by atoms with Crippen molar-refractivity contribution in [3.05, 3.63) is 36.2 Å². The molecule has 1 atom stereocenters. The van der Waals surface area contributed by atoms with E-state index in [0.717, 1.165) is 24.0 Å². The molecule has 0 aliphatic heterocycles. The Labute approximate surface area is 128 Å². The molecule has 0 aliphatic carbocycles. The molecule has 2 aromatic rings. The first-order valence-electron chi connectivity index (χ1n) is 8.29. The molecule has 114 valence electrons. The zero-order chi connectivity index (χ0) is 14.9. The van der Waals surface area contributed by atoms with Crippen LogP contribution in [0.5, 0.6) is 0 Å². The lowest BCUT2D eigenvalue weighted by Crippen LogP contribution is -2.22. The molecule has 0 radical (unpaired) electrons. The Morgan fingerprint density at radius 2 is 1.86 bits per heavy atom. The van der Waals surface area contributed by atoms with E-state index in [2.05, 4.69) is 41.3 Å². The van der Waals surface area contributed by atoms with Gasteiger partial charge in [0.1, 0.15) is 0 Å². The molecule has 1 aromatic carbocycles. The van der Waals surface area contributed by atoms with Crippen LogP contribution in [0.4, 0.5) is 0 Å². The van der Waals surface area contributed by atoms with Gasteiger partial charge in [-0.05, 0) is 31.0 Å². The Bertz CT molecular complexity index is 533. The van der Waals surface area contributed by atoms with E-state index < -0.39 is 0 Å². The summed E-state index contributed by atoms with van der Waals surface area (Å²) >= 11 is 0. The highest BCUT2D eigenvalue weighted by atomic mass is 14.9. The first-order chi connectivity index (χ1) is 10.4. The monoisotopic (exact) mass is 285 g/mol. The maximum Gasteiger partial charge on any atom is 0.0934 e. The van der Waals surface area contributed by atoms with E-state index in [0.29, 0.717) is 6.04 Å². The highest BCUT2D eigenvalue weighted by molar-refractivity contribution is 5.78. The topological polar surface area (TPSA) is 37.8 Å². The standard InChI is InChI=1S/C18H27N3/c1-3-5-6-7-10-16(19-12-4-2)15-9-8-11-17-18(15)21-14-13-20-17/h8-9,11,13-14,16,19H,3-7,10,12H2,1-2H3. The third kappa shape index (κ3) is 4.50. The molecule has 3 heteroatoms. The molecule has 0 aliphatic rings. The summed E-state index contributed by atoms with van der Waals surface area (Å²) in [4.78, 5) is 8.98. The number of aromatic nitrogens is 2. The predicted molar refractivity (Wildman–Crippen MR) is 89.3 cm³/mol. The lowest BCUT2D eigenvalue weighted by atomic mass is 9.98. The molecule has 0 spiro atoms. The first-order valence-corrected chi connectivity index (χ1v) is 8.29. The molecule has 0 saturated heterocycles. The van der Waals surface area contributed by atoms with Crippen molar-refractivity contribution in [1.82, 2.24) is 15.3 Å². The van der Waals surface area contributed by atoms with Crippen LogP contribution < -0.4 is 5.32 Å². The van der Waals surface area contributed by atoms with Crippen LogP contribution in [0.15, 0.2) is 30.6 Å². The maximum absolute atomic E-state index is 4.55. The van der Waals surface area contributed by atoms with Gasteiger partial charge in [-0.25, -0.2) is 0 Å². The third-order valence-electron chi connectivity index (χ3n) is 3.89. The van der Waals surface area contributed by atoms with E-state index in [4.69, 9.17) is 0 Å². The average molecular weight is 285 g/mol. The Balaban J connectivity index is 2.17. The van der Waals surface area contributed by atoms with Crippen molar-refractivity contribution in [3.63, 3.8) is 0 Å². The second-order valence-corrected chi connectivity index (χ2v) is 5.63. The molecular weight excluding hydrogens is 258 g/mol. The molecule has 3 nitrogen and oxygen atoms in total.